The van der Waals surface area contributed by atoms with Gasteiger partial charge in [0.15, 0.2) is 8.32 Å². The number of aliphatic hydroxyl groups excluding tert-OH is 1. The van der Waals surface area contributed by atoms with Gasteiger partial charge in [0.2, 0.25) is 0 Å². The molecule has 0 aliphatic carbocycles. The maximum Gasteiger partial charge on any atom is 0.296 e. The molecule has 0 aromatic heterocycles. The highest BCUT2D eigenvalue weighted by molar-refractivity contribution is 7.86. The molecule has 0 amide bonds. The highest BCUT2D eigenvalue weighted by Gasteiger charge is 2.41. The van der Waals surface area contributed by atoms with Crippen LogP contribution in [0.1, 0.15) is 52.2 Å². The van der Waals surface area contributed by atoms with E-state index in [4.69, 9.17) is 18.1 Å². The monoisotopic (exact) mass is 580 g/mol. The van der Waals surface area contributed by atoms with Gasteiger partial charge in [-0.15, -0.1) is 0 Å². The number of aryl methyl sites for hydroxylation is 1. The van der Waals surface area contributed by atoms with Gasteiger partial charge in [-0.05, 0) is 61.3 Å². The van der Waals surface area contributed by atoms with Crippen molar-refractivity contribution in [3.8, 4) is 5.75 Å². The Morgan fingerprint density at radius 2 is 1.56 bits per heavy atom. The molecule has 0 bridgehead atoms. The summed E-state index contributed by atoms with van der Waals surface area (Å²) >= 11 is 0. The van der Waals surface area contributed by atoms with Crippen LogP contribution in [0.3, 0.4) is 0 Å². The van der Waals surface area contributed by atoms with Crippen LogP contribution in [0.2, 0.25) is 18.1 Å². The quantitative estimate of drug-likeness (QED) is 0.149. The van der Waals surface area contributed by atoms with Crippen molar-refractivity contribution >= 4 is 18.4 Å². The zero-order chi connectivity index (χ0) is 29.4. The van der Waals surface area contributed by atoms with Gasteiger partial charge >= 0.3 is 0 Å². The van der Waals surface area contributed by atoms with Crippen molar-refractivity contribution in [3.63, 3.8) is 0 Å². The molecule has 4 atom stereocenters. The Morgan fingerprint density at radius 3 is 2.10 bits per heavy atom. The van der Waals surface area contributed by atoms with Gasteiger partial charge in [-0.25, -0.2) is 0 Å². The van der Waals surface area contributed by atoms with Crippen LogP contribution in [0.5, 0.6) is 5.75 Å². The van der Waals surface area contributed by atoms with Crippen molar-refractivity contribution in [2.24, 2.45) is 11.8 Å². The maximum atomic E-state index is 12.7. The number of benzene rings is 2. The van der Waals surface area contributed by atoms with E-state index in [1.54, 1.807) is 26.2 Å². The van der Waals surface area contributed by atoms with Gasteiger partial charge in [0, 0.05) is 18.4 Å². The van der Waals surface area contributed by atoms with E-state index in [9.17, 15) is 13.5 Å². The Hall–Kier alpha value is -1.75. The van der Waals surface area contributed by atoms with E-state index in [1.165, 1.54) is 12.1 Å². The zero-order valence-electron chi connectivity index (χ0n) is 25.1. The first-order valence-corrected chi connectivity index (χ1v) is 17.9. The Kier molecular flexibility index (Phi) is 12.2. The highest BCUT2D eigenvalue weighted by Crippen LogP contribution is 2.39. The van der Waals surface area contributed by atoms with Crippen molar-refractivity contribution in [1.29, 1.82) is 0 Å². The van der Waals surface area contributed by atoms with Gasteiger partial charge in [0.05, 0.1) is 37.4 Å². The predicted molar refractivity (Wildman–Crippen MR) is 158 cm³/mol. The van der Waals surface area contributed by atoms with E-state index in [2.05, 4.69) is 33.9 Å². The largest absolute Gasteiger partial charge is 0.497 e. The topological polar surface area (TPSA) is 91.3 Å². The molecule has 0 unspecified atom stereocenters. The first-order valence-electron chi connectivity index (χ1n) is 13.6. The molecule has 0 spiro atoms. The second-order valence-corrected chi connectivity index (χ2v) is 18.4. The van der Waals surface area contributed by atoms with Gasteiger partial charge < -0.3 is 19.0 Å². The van der Waals surface area contributed by atoms with Gasteiger partial charge in [-0.3, -0.25) is 4.18 Å². The molecular formula is C30H48O7SSi. The number of hydrogen-bond donors (Lipinski definition) is 1. The van der Waals surface area contributed by atoms with E-state index in [0.29, 0.717) is 19.6 Å². The van der Waals surface area contributed by atoms with Crippen LogP contribution in [-0.4, -0.2) is 54.4 Å². The Morgan fingerprint density at radius 1 is 0.974 bits per heavy atom. The predicted octanol–water partition coefficient (Wildman–Crippen LogP) is 6.34. The summed E-state index contributed by atoms with van der Waals surface area (Å²) < 4.78 is 48.6. The molecule has 220 valence electrons. The summed E-state index contributed by atoms with van der Waals surface area (Å²) in [5.74, 6) is 0.115. The average Bonchev–Trinajstić information content (AvgIpc) is 2.88. The average molecular weight is 581 g/mol. The summed E-state index contributed by atoms with van der Waals surface area (Å²) in [6, 6.07) is 14.3. The lowest BCUT2D eigenvalue weighted by molar-refractivity contribution is -0.0243. The number of hydrogen-bond acceptors (Lipinski definition) is 7. The summed E-state index contributed by atoms with van der Waals surface area (Å²) in [5, 5.41) is 11.2. The normalized spacial score (nSPS) is 15.9. The van der Waals surface area contributed by atoms with E-state index in [0.717, 1.165) is 16.9 Å². The molecule has 2 rings (SSSR count). The van der Waals surface area contributed by atoms with Crippen molar-refractivity contribution in [2.45, 2.75) is 89.8 Å². The van der Waals surface area contributed by atoms with Crippen LogP contribution in [0.25, 0.3) is 0 Å². The summed E-state index contributed by atoms with van der Waals surface area (Å²) in [7, 11) is -4.42. The zero-order valence-corrected chi connectivity index (χ0v) is 26.9. The summed E-state index contributed by atoms with van der Waals surface area (Å²) in [4.78, 5) is 0.107. The Labute approximate surface area is 237 Å². The minimum absolute atomic E-state index is 0.00326. The summed E-state index contributed by atoms with van der Waals surface area (Å²) in [6.07, 6.45) is -0.474. The van der Waals surface area contributed by atoms with Gasteiger partial charge in [0.1, 0.15) is 5.75 Å². The van der Waals surface area contributed by atoms with Gasteiger partial charge in [0.25, 0.3) is 10.1 Å². The molecule has 9 heteroatoms. The first-order chi connectivity index (χ1) is 18.1. The lowest BCUT2D eigenvalue weighted by Crippen LogP contribution is -2.48. The Balaban J connectivity index is 2.05. The number of rotatable bonds is 15. The van der Waals surface area contributed by atoms with E-state index in [1.807, 2.05) is 38.1 Å². The second-order valence-electron chi connectivity index (χ2n) is 12.0. The van der Waals surface area contributed by atoms with Crippen molar-refractivity contribution in [1.82, 2.24) is 0 Å². The van der Waals surface area contributed by atoms with Crippen molar-refractivity contribution in [3.05, 3.63) is 59.7 Å². The van der Waals surface area contributed by atoms with Crippen LogP contribution < -0.4 is 4.74 Å². The SMILES string of the molecule is COc1ccc(COCC[C@@H](O[Si](C)(C)C(C)(C)C)[C@H](C)[C@H](O)[C@@H](C)COS(=O)(=O)c2ccc(C)cc2)cc1. The molecule has 0 fully saturated rings. The standard InChI is InChI=1S/C30H48O7SSi/c1-22-10-16-27(17-11-22)38(32,33)36-20-23(2)29(31)24(3)28(37-39(8,9)30(4,5)6)18-19-35-21-25-12-14-26(34-7)15-13-25/h10-17,23-24,28-29,31H,18-21H2,1-9H3/t23-,24-,28+,29+/m0/s1. The minimum atomic E-state index is -3.91. The first kappa shape index (κ1) is 33.5. The molecule has 7 nitrogen and oxygen atoms in total. The molecule has 0 aliphatic heterocycles. The van der Waals surface area contributed by atoms with Crippen molar-refractivity contribution < 1.29 is 31.6 Å². The Bertz CT molecular complexity index is 1110. The minimum Gasteiger partial charge on any atom is -0.497 e. The second kappa shape index (κ2) is 14.2. The van der Waals surface area contributed by atoms with Crippen LogP contribution in [-0.2, 0) is 30.1 Å². The summed E-state index contributed by atoms with van der Waals surface area (Å²) in [6.45, 7) is 17.4. The third-order valence-corrected chi connectivity index (χ3v) is 13.5. The lowest BCUT2D eigenvalue weighted by atomic mass is 9.88. The number of methoxy groups -OCH3 is 1. The molecule has 2 aromatic rings. The third-order valence-electron chi connectivity index (χ3n) is 7.73. The van der Waals surface area contributed by atoms with E-state index < -0.39 is 30.5 Å². The van der Waals surface area contributed by atoms with Crippen LogP contribution >= 0.6 is 0 Å². The third kappa shape index (κ3) is 9.99. The molecule has 0 radical (unpaired) electrons. The fourth-order valence-corrected chi connectivity index (χ4v) is 6.34. The van der Waals surface area contributed by atoms with E-state index >= 15 is 0 Å². The molecule has 2 aromatic carbocycles. The van der Waals surface area contributed by atoms with Gasteiger partial charge in [-0.1, -0.05) is 64.4 Å². The molecule has 0 saturated carbocycles. The maximum absolute atomic E-state index is 12.7. The molecule has 0 aliphatic rings. The number of ether oxygens (including phenoxy) is 2. The van der Waals surface area contributed by atoms with Gasteiger partial charge in [-0.2, -0.15) is 8.42 Å². The fourth-order valence-electron chi connectivity index (χ4n) is 3.90. The van der Waals surface area contributed by atoms with E-state index in [-0.39, 0.29) is 28.6 Å². The smallest absolute Gasteiger partial charge is 0.296 e. The molecule has 0 heterocycles. The molecule has 0 saturated heterocycles. The molecule has 1 N–H and O–H groups in total. The van der Waals surface area contributed by atoms with Crippen LogP contribution in [0.15, 0.2) is 53.4 Å². The fraction of sp³-hybridized carbons (Fsp3) is 0.600. The van der Waals surface area contributed by atoms with Crippen LogP contribution in [0.4, 0.5) is 0 Å². The highest BCUT2D eigenvalue weighted by atomic mass is 32.2. The molecular weight excluding hydrogens is 532 g/mol. The van der Waals surface area contributed by atoms with Crippen molar-refractivity contribution in [2.75, 3.05) is 20.3 Å². The lowest BCUT2D eigenvalue weighted by Gasteiger charge is -2.42. The summed E-state index contributed by atoms with van der Waals surface area (Å²) in [5.41, 5.74) is 2.01. The number of aliphatic hydroxyl groups is 1. The van der Waals surface area contributed by atoms with Crippen LogP contribution in [0, 0.1) is 18.8 Å². The molecule has 39 heavy (non-hydrogen) atoms.